The first-order chi connectivity index (χ1) is 10.3. The average molecular weight is 303 g/mol. The predicted octanol–water partition coefficient (Wildman–Crippen LogP) is 3.82. The number of fused-ring (bicyclic) bond motifs is 1. The molecule has 3 nitrogen and oxygen atoms in total. The molecule has 1 aliphatic rings. The summed E-state index contributed by atoms with van der Waals surface area (Å²) in [7, 11) is 0. The summed E-state index contributed by atoms with van der Waals surface area (Å²) < 4.78 is 2.33. The van der Waals surface area contributed by atoms with E-state index in [2.05, 4.69) is 59.8 Å². The Morgan fingerprint density at radius 2 is 2.14 bits per heavy atom. The first-order valence-corrected chi connectivity index (χ1v) is 9.17. The summed E-state index contributed by atoms with van der Waals surface area (Å²) in [5.41, 5.74) is 2.37. The monoisotopic (exact) mass is 303 g/mol. The molecule has 2 atom stereocenters. The van der Waals surface area contributed by atoms with Gasteiger partial charge in [0, 0.05) is 17.8 Å². The summed E-state index contributed by atoms with van der Waals surface area (Å²) in [5, 5.41) is 4.55. The molecule has 1 aliphatic carbocycles. The molecule has 0 aliphatic heterocycles. The lowest BCUT2D eigenvalue weighted by atomic mass is 10.2. The van der Waals surface area contributed by atoms with Gasteiger partial charge in [0.25, 0.3) is 0 Å². The van der Waals surface area contributed by atoms with Gasteiger partial charge in [0.15, 0.2) is 0 Å². The first kappa shape index (κ1) is 14.9. The molecule has 2 aromatic rings. The highest BCUT2D eigenvalue weighted by Gasteiger charge is 2.26. The van der Waals surface area contributed by atoms with Crippen molar-refractivity contribution >= 4 is 22.8 Å². The summed E-state index contributed by atoms with van der Waals surface area (Å²) in [6.07, 6.45) is 4.03. The van der Waals surface area contributed by atoms with E-state index in [-0.39, 0.29) is 0 Å². The van der Waals surface area contributed by atoms with Gasteiger partial charge < -0.3 is 9.88 Å². The fourth-order valence-corrected chi connectivity index (χ4v) is 4.63. The number of benzene rings is 1. The molecular weight excluding hydrogens is 278 g/mol. The van der Waals surface area contributed by atoms with Gasteiger partial charge in [0.05, 0.1) is 17.6 Å². The van der Waals surface area contributed by atoms with Crippen molar-refractivity contribution in [3.8, 4) is 0 Å². The molecule has 2 unspecified atom stereocenters. The number of nitrogens with zero attached hydrogens (tertiary/aromatic N) is 2. The van der Waals surface area contributed by atoms with E-state index in [0.717, 1.165) is 23.9 Å². The SMILES string of the molecule is CCSC1CCCC1NCc1nc2ccccc2n1CC. The number of hydrogen-bond donors (Lipinski definition) is 1. The second-order valence-electron chi connectivity index (χ2n) is 5.67. The van der Waals surface area contributed by atoms with Gasteiger partial charge in [-0.15, -0.1) is 0 Å². The maximum absolute atomic E-state index is 4.81. The standard InChI is InChI=1S/C17H25N3S/c1-3-20-15-10-6-5-8-13(15)19-17(20)12-18-14-9-7-11-16(14)21-4-2/h5-6,8,10,14,16,18H,3-4,7,9,11-12H2,1-2H3. The van der Waals surface area contributed by atoms with Gasteiger partial charge in [-0.3, -0.25) is 0 Å². The molecular formula is C17H25N3S. The van der Waals surface area contributed by atoms with Gasteiger partial charge in [0.1, 0.15) is 5.82 Å². The van der Waals surface area contributed by atoms with Crippen LogP contribution in [0.3, 0.4) is 0 Å². The minimum atomic E-state index is 0.653. The molecule has 0 bridgehead atoms. The number of aryl methyl sites for hydroxylation is 1. The van der Waals surface area contributed by atoms with Crippen LogP contribution in [0.2, 0.25) is 0 Å². The fourth-order valence-electron chi connectivity index (χ4n) is 3.41. The van der Waals surface area contributed by atoms with Crippen molar-refractivity contribution in [2.24, 2.45) is 0 Å². The second-order valence-corrected chi connectivity index (χ2v) is 7.19. The molecule has 3 rings (SSSR count). The second kappa shape index (κ2) is 6.84. The summed E-state index contributed by atoms with van der Waals surface area (Å²) in [4.78, 5) is 4.81. The zero-order chi connectivity index (χ0) is 14.7. The Labute approximate surface area is 131 Å². The highest BCUT2D eigenvalue weighted by Crippen LogP contribution is 2.30. The van der Waals surface area contributed by atoms with Crippen LogP contribution < -0.4 is 5.32 Å². The van der Waals surface area contributed by atoms with E-state index in [1.54, 1.807) is 0 Å². The third-order valence-corrected chi connectivity index (χ3v) is 5.73. The molecule has 1 aromatic heterocycles. The molecule has 114 valence electrons. The summed E-state index contributed by atoms with van der Waals surface area (Å²) in [6, 6.07) is 9.09. The molecule has 1 aromatic carbocycles. The van der Waals surface area contributed by atoms with Gasteiger partial charge in [-0.25, -0.2) is 4.98 Å². The Bertz CT molecular complexity index is 593. The van der Waals surface area contributed by atoms with Crippen molar-refractivity contribution in [3.05, 3.63) is 30.1 Å². The molecule has 1 N–H and O–H groups in total. The third-order valence-electron chi connectivity index (χ3n) is 4.41. The lowest BCUT2D eigenvalue weighted by Gasteiger charge is -2.20. The van der Waals surface area contributed by atoms with Crippen molar-refractivity contribution in [3.63, 3.8) is 0 Å². The van der Waals surface area contributed by atoms with E-state index in [0.29, 0.717) is 6.04 Å². The smallest absolute Gasteiger partial charge is 0.123 e. The number of hydrogen-bond acceptors (Lipinski definition) is 3. The van der Waals surface area contributed by atoms with Gasteiger partial charge in [0.2, 0.25) is 0 Å². The topological polar surface area (TPSA) is 29.9 Å². The van der Waals surface area contributed by atoms with Crippen LogP contribution in [-0.4, -0.2) is 26.6 Å². The Morgan fingerprint density at radius 1 is 1.29 bits per heavy atom. The molecule has 0 spiro atoms. The van der Waals surface area contributed by atoms with Gasteiger partial charge in [-0.2, -0.15) is 11.8 Å². The van der Waals surface area contributed by atoms with Crippen molar-refractivity contribution < 1.29 is 0 Å². The van der Waals surface area contributed by atoms with Crippen molar-refractivity contribution in [1.29, 1.82) is 0 Å². The van der Waals surface area contributed by atoms with E-state index in [9.17, 15) is 0 Å². The van der Waals surface area contributed by atoms with Crippen LogP contribution >= 0.6 is 11.8 Å². The maximum atomic E-state index is 4.81. The number of aromatic nitrogens is 2. The Hall–Kier alpha value is -1.00. The van der Waals surface area contributed by atoms with E-state index in [4.69, 9.17) is 4.98 Å². The number of rotatable bonds is 6. The fraction of sp³-hybridized carbons (Fsp3) is 0.588. The predicted molar refractivity (Wildman–Crippen MR) is 91.8 cm³/mol. The highest BCUT2D eigenvalue weighted by atomic mass is 32.2. The van der Waals surface area contributed by atoms with Crippen LogP contribution in [0.4, 0.5) is 0 Å². The lowest BCUT2D eigenvalue weighted by molar-refractivity contribution is 0.510. The van der Waals surface area contributed by atoms with Crippen LogP contribution in [0, 0.1) is 0 Å². The van der Waals surface area contributed by atoms with Gasteiger partial charge in [-0.05, 0) is 37.7 Å². The molecule has 1 fully saturated rings. The average Bonchev–Trinajstić information content (AvgIpc) is 3.08. The largest absolute Gasteiger partial charge is 0.327 e. The molecule has 1 saturated carbocycles. The van der Waals surface area contributed by atoms with Crippen molar-refractivity contribution in [1.82, 2.24) is 14.9 Å². The molecule has 21 heavy (non-hydrogen) atoms. The minimum absolute atomic E-state index is 0.653. The van der Waals surface area contributed by atoms with E-state index >= 15 is 0 Å². The van der Waals surface area contributed by atoms with Crippen LogP contribution in [0.1, 0.15) is 38.9 Å². The maximum Gasteiger partial charge on any atom is 0.123 e. The van der Waals surface area contributed by atoms with E-state index in [1.165, 1.54) is 36.4 Å². The Balaban J connectivity index is 1.73. The number of imidazole rings is 1. The van der Waals surface area contributed by atoms with E-state index < -0.39 is 0 Å². The zero-order valence-corrected chi connectivity index (χ0v) is 13.8. The zero-order valence-electron chi connectivity index (χ0n) is 13.0. The minimum Gasteiger partial charge on any atom is -0.327 e. The molecule has 0 radical (unpaired) electrons. The highest BCUT2D eigenvalue weighted by molar-refractivity contribution is 7.99. The molecule has 4 heteroatoms. The van der Waals surface area contributed by atoms with Crippen molar-refractivity contribution in [2.75, 3.05) is 5.75 Å². The summed E-state index contributed by atoms with van der Waals surface area (Å²) >= 11 is 2.11. The van der Waals surface area contributed by atoms with Crippen LogP contribution in [-0.2, 0) is 13.1 Å². The number of nitrogens with one attached hydrogen (secondary N) is 1. The lowest BCUT2D eigenvalue weighted by Crippen LogP contribution is -2.34. The molecule has 0 amide bonds. The molecule has 1 heterocycles. The third kappa shape index (κ3) is 3.11. The number of thioether (sulfide) groups is 1. The molecule has 0 saturated heterocycles. The van der Waals surface area contributed by atoms with Crippen LogP contribution in [0.15, 0.2) is 24.3 Å². The normalized spacial score (nSPS) is 22.2. The van der Waals surface area contributed by atoms with Crippen molar-refractivity contribution in [2.45, 2.75) is 57.5 Å². The quantitative estimate of drug-likeness (QED) is 0.880. The Morgan fingerprint density at radius 3 is 2.95 bits per heavy atom. The summed E-state index contributed by atoms with van der Waals surface area (Å²) in [6.45, 7) is 6.32. The van der Waals surface area contributed by atoms with Crippen LogP contribution in [0.25, 0.3) is 11.0 Å². The summed E-state index contributed by atoms with van der Waals surface area (Å²) in [5.74, 6) is 2.39. The first-order valence-electron chi connectivity index (χ1n) is 8.12. The van der Waals surface area contributed by atoms with Gasteiger partial charge in [-0.1, -0.05) is 25.5 Å². The number of para-hydroxylation sites is 2. The van der Waals surface area contributed by atoms with Gasteiger partial charge >= 0.3 is 0 Å². The van der Waals surface area contributed by atoms with Crippen LogP contribution in [0.5, 0.6) is 0 Å². The van der Waals surface area contributed by atoms with E-state index in [1.807, 2.05) is 0 Å². The Kier molecular flexibility index (Phi) is 4.86.